The van der Waals surface area contributed by atoms with Gasteiger partial charge in [0.1, 0.15) is 0 Å². The van der Waals surface area contributed by atoms with E-state index in [1.165, 1.54) is 40.3 Å². The standard InChI is InChI=1S/C16H20N2S/c1-2-16-18-11-13(19-16)10-17-15-9-5-7-12-6-3-4-8-14(12)15/h3-4,6,8,11,15,17H,2,5,7,9-10H2,1H3. The summed E-state index contributed by atoms with van der Waals surface area (Å²) in [7, 11) is 0. The van der Waals surface area contributed by atoms with Gasteiger partial charge in [-0.25, -0.2) is 4.98 Å². The van der Waals surface area contributed by atoms with E-state index in [-0.39, 0.29) is 0 Å². The van der Waals surface area contributed by atoms with Gasteiger partial charge >= 0.3 is 0 Å². The predicted molar refractivity (Wildman–Crippen MR) is 80.5 cm³/mol. The first kappa shape index (κ1) is 12.8. The molecule has 0 bridgehead atoms. The van der Waals surface area contributed by atoms with Crippen molar-refractivity contribution < 1.29 is 0 Å². The predicted octanol–water partition coefficient (Wildman–Crippen LogP) is 3.87. The summed E-state index contributed by atoms with van der Waals surface area (Å²) in [6, 6.07) is 9.36. The molecule has 1 aliphatic rings. The van der Waals surface area contributed by atoms with E-state index in [0.717, 1.165) is 13.0 Å². The largest absolute Gasteiger partial charge is 0.305 e. The van der Waals surface area contributed by atoms with Crippen LogP contribution in [0.15, 0.2) is 30.5 Å². The highest BCUT2D eigenvalue weighted by Gasteiger charge is 2.19. The number of rotatable bonds is 4. The maximum atomic E-state index is 4.42. The summed E-state index contributed by atoms with van der Waals surface area (Å²) < 4.78 is 0. The molecule has 0 fully saturated rings. The Bertz CT molecular complexity index is 547. The van der Waals surface area contributed by atoms with Gasteiger partial charge in [-0.2, -0.15) is 0 Å². The van der Waals surface area contributed by atoms with Crippen molar-refractivity contribution in [3.8, 4) is 0 Å². The van der Waals surface area contributed by atoms with Crippen LogP contribution in [0.25, 0.3) is 0 Å². The van der Waals surface area contributed by atoms with Crippen molar-refractivity contribution in [3.05, 3.63) is 51.5 Å². The summed E-state index contributed by atoms with van der Waals surface area (Å²) in [5.41, 5.74) is 3.01. The molecule has 1 aromatic carbocycles. The zero-order valence-electron chi connectivity index (χ0n) is 11.4. The molecule has 1 aliphatic carbocycles. The van der Waals surface area contributed by atoms with Crippen molar-refractivity contribution >= 4 is 11.3 Å². The van der Waals surface area contributed by atoms with Gasteiger partial charge in [0.15, 0.2) is 0 Å². The van der Waals surface area contributed by atoms with E-state index in [2.05, 4.69) is 41.5 Å². The normalized spacial score (nSPS) is 18.3. The molecule has 1 unspecified atom stereocenters. The van der Waals surface area contributed by atoms with Gasteiger partial charge in [0, 0.05) is 23.7 Å². The van der Waals surface area contributed by atoms with Crippen molar-refractivity contribution in [1.82, 2.24) is 10.3 Å². The lowest BCUT2D eigenvalue weighted by molar-refractivity contribution is 0.461. The lowest BCUT2D eigenvalue weighted by Crippen LogP contribution is -2.24. The van der Waals surface area contributed by atoms with Gasteiger partial charge in [-0.3, -0.25) is 0 Å². The Kier molecular flexibility index (Phi) is 3.95. The zero-order valence-corrected chi connectivity index (χ0v) is 12.2. The van der Waals surface area contributed by atoms with E-state index in [9.17, 15) is 0 Å². The lowest BCUT2D eigenvalue weighted by Gasteiger charge is -2.26. The maximum Gasteiger partial charge on any atom is 0.0925 e. The highest BCUT2D eigenvalue weighted by Crippen LogP contribution is 2.29. The quantitative estimate of drug-likeness (QED) is 0.914. The van der Waals surface area contributed by atoms with Gasteiger partial charge in [0.25, 0.3) is 0 Å². The fourth-order valence-electron chi connectivity index (χ4n) is 2.78. The second kappa shape index (κ2) is 5.85. The number of benzene rings is 1. The molecule has 0 saturated heterocycles. The molecule has 3 rings (SSSR count). The van der Waals surface area contributed by atoms with E-state index in [1.54, 1.807) is 0 Å². The summed E-state index contributed by atoms with van der Waals surface area (Å²) >= 11 is 1.83. The molecule has 1 N–H and O–H groups in total. The maximum absolute atomic E-state index is 4.42. The van der Waals surface area contributed by atoms with E-state index >= 15 is 0 Å². The first-order valence-corrected chi connectivity index (χ1v) is 7.93. The molecule has 0 aliphatic heterocycles. The Morgan fingerprint density at radius 2 is 2.26 bits per heavy atom. The van der Waals surface area contributed by atoms with E-state index in [4.69, 9.17) is 0 Å². The molecule has 1 heterocycles. The average molecular weight is 272 g/mol. The molecule has 1 aromatic heterocycles. The average Bonchev–Trinajstić information content (AvgIpc) is 2.93. The SMILES string of the molecule is CCc1ncc(CNC2CCCc3ccccc32)s1. The molecular formula is C16H20N2S. The number of aromatic nitrogens is 1. The van der Waals surface area contributed by atoms with Gasteiger partial charge in [-0.05, 0) is 36.8 Å². The third kappa shape index (κ3) is 2.88. The molecule has 0 saturated carbocycles. The third-order valence-corrected chi connectivity index (χ3v) is 4.94. The van der Waals surface area contributed by atoms with Gasteiger partial charge in [-0.15, -0.1) is 11.3 Å². The van der Waals surface area contributed by atoms with Crippen LogP contribution in [0.1, 0.15) is 46.8 Å². The number of nitrogens with one attached hydrogen (secondary N) is 1. The Morgan fingerprint density at radius 3 is 3.11 bits per heavy atom. The number of nitrogens with zero attached hydrogens (tertiary/aromatic N) is 1. The first-order valence-electron chi connectivity index (χ1n) is 7.11. The Morgan fingerprint density at radius 1 is 1.37 bits per heavy atom. The summed E-state index contributed by atoms with van der Waals surface area (Å²) in [4.78, 5) is 5.77. The number of fused-ring (bicyclic) bond motifs is 1. The van der Waals surface area contributed by atoms with Crippen molar-refractivity contribution in [3.63, 3.8) is 0 Å². The number of aryl methyl sites for hydroxylation is 2. The molecule has 0 radical (unpaired) electrons. The van der Waals surface area contributed by atoms with Gasteiger partial charge in [0.2, 0.25) is 0 Å². The fourth-order valence-corrected chi connectivity index (χ4v) is 3.60. The summed E-state index contributed by atoms with van der Waals surface area (Å²) in [5.74, 6) is 0. The van der Waals surface area contributed by atoms with Crippen LogP contribution in [-0.4, -0.2) is 4.98 Å². The van der Waals surface area contributed by atoms with Crippen LogP contribution in [0.5, 0.6) is 0 Å². The highest BCUT2D eigenvalue weighted by molar-refractivity contribution is 7.11. The van der Waals surface area contributed by atoms with E-state index in [0.29, 0.717) is 6.04 Å². The monoisotopic (exact) mass is 272 g/mol. The molecular weight excluding hydrogens is 252 g/mol. The molecule has 1 atom stereocenters. The first-order chi connectivity index (χ1) is 9.36. The van der Waals surface area contributed by atoms with Crippen LogP contribution in [0.3, 0.4) is 0 Å². The molecule has 2 aromatic rings. The Balaban J connectivity index is 1.68. The topological polar surface area (TPSA) is 24.9 Å². The lowest BCUT2D eigenvalue weighted by atomic mass is 9.88. The van der Waals surface area contributed by atoms with Crippen LogP contribution in [0.4, 0.5) is 0 Å². The minimum Gasteiger partial charge on any atom is -0.305 e. The number of hydrogen-bond acceptors (Lipinski definition) is 3. The molecule has 0 spiro atoms. The minimum absolute atomic E-state index is 0.511. The fraction of sp³-hybridized carbons (Fsp3) is 0.438. The number of hydrogen-bond donors (Lipinski definition) is 1. The van der Waals surface area contributed by atoms with Crippen molar-refractivity contribution in [1.29, 1.82) is 0 Å². The second-order valence-corrected chi connectivity index (χ2v) is 6.30. The van der Waals surface area contributed by atoms with E-state index < -0.39 is 0 Å². The van der Waals surface area contributed by atoms with Crippen molar-refractivity contribution in [2.24, 2.45) is 0 Å². The van der Waals surface area contributed by atoms with E-state index in [1.807, 2.05) is 17.5 Å². The minimum atomic E-state index is 0.511. The molecule has 100 valence electrons. The van der Waals surface area contributed by atoms with Crippen LogP contribution in [-0.2, 0) is 19.4 Å². The number of thiazole rings is 1. The van der Waals surface area contributed by atoms with Crippen molar-refractivity contribution in [2.75, 3.05) is 0 Å². The molecule has 19 heavy (non-hydrogen) atoms. The summed E-state index contributed by atoms with van der Waals surface area (Å²) in [6.07, 6.45) is 6.82. The molecule has 2 nitrogen and oxygen atoms in total. The van der Waals surface area contributed by atoms with Crippen LogP contribution < -0.4 is 5.32 Å². The van der Waals surface area contributed by atoms with Gasteiger partial charge in [0.05, 0.1) is 5.01 Å². The smallest absolute Gasteiger partial charge is 0.0925 e. The zero-order chi connectivity index (χ0) is 13.1. The van der Waals surface area contributed by atoms with Gasteiger partial charge in [-0.1, -0.05) is 31.2 Å². The Hall–Kier alpha value is -1.19. The van der Waals surface area contributed by atoms with Crippen LogP contribution in [0, 0.1) is 0 Å². The van der Waals surface area contributed by atoms with Crippen LogP contribution in [0.2, 0.25) is 0 Å². The molecule has 3 heteroatoms. The van der Waals surface area contributed by atoms with Crippen molar-refractivity contribution in [2.45, 2.75) is 45.2 Å². The summed E-state index contributed by atoms with van der Waals surface area (Å²) in [6.45, 7) is 3.10. The molecule has 0 amide bonds. The summed E-state index contributed by atoms with van der Waals surface area (Å²) in [5, 5.41) is 4.94. The Labute approximate surface area is 118 Å². The second-order valence-electron chi connectivity index (χ2n) is 5.10. The van der Waals surface area contributed by atoms with Gasteiger partial charge < -0.3 is 5.32 Å². The van der Waals surface area contributed by atoms with Crippen LogP contribution >= 0.6 is 11.3 Å². The highest BCUT2D eigenvalue weighted by atomic mass is 32.1. The third-order valence-electron chi connectivity index (χ3n) is 3.80.